The average Bonchev–Trinajstić information content (AvgIpc) is 2.29. The van der Waals surface area contributed by atoms with Crippen LogP contribution in [0, 0.1) is 12.7 Å². The number of pyridine rings is 1. The van der Waals surface area contributed by atoms with Crippen LogP contribution in [0.15, 0.2) is 30.5 Å². The molecule has 0 aliphatic heterocycles. The lowest BCUT2D eigenvalue weighted by Crippen LogP contribution is -1.99. The Labute approximate surface area is 103 Å². The molecule has 0 saturated heterocycles. The molecule has 3 nitrogen and oxygen atoms in total. The number of nitrogen functional groups attached to an aromatic ring is 1. The number of nitrogens with two attached hydrogens (primary N) is 1. The molecule has 0 atom stereocenters. The fourth-order valence-electron chi connectivity index (χ4n) is 1.34. The standard InChI is InChI=1S/C12H11ClFN3/c1-7-6-16-12(5-10(7)15)17-11-4-8(13)2-3-9(11)14/h2-6H,1H3,(H3,15,16,17). The van der Waals surface area contributed by atoms with Crippen molar-refractivity contribution in [3.63, 3.8) is 0 Å². The summed E-state index contributed by atoms with van der Waals surface area (Å²) in [7, 11) is 0. The Morgan fingerprint density at radius 1 is 1.35 bits per heavy atom. The Balaban J connectivity index is 2.31. The number of aryl methyl sites for hydroxylation is 1. The van der Waals surface area contributed by atoms with Gasteiger partial charge in [-0.15, -0.1) is 0 Å². The lowest BCUT2D eigenvalue weighted by Gasteiger charge is -2.08. The molecule has 0 aliphatic carbocycles. The molecule has 0 fully saturated rings. The van der Waals surface area contributed by atoms with E-state index < -0.39 is 5.82 Å². The highest BCUT2D eigenvalue weighted by molar-refractivity contribution is 6.30. The van der Waals surface area contributed by atoms with E-state index in [0.717, 1.165) is 5.56 Å². The van der Waals surface area contributed by atoms with Gasteiger partial charge in [-0.1, -0.05) is 11.6 Å². The van der Waals surface area contributed by atoms with Gasteiger partial charge in [0.05, 0.1) is 5.69 Å². The van der Waals surface area contributed by atoms with Crippen LogP contribution in [0.25, 0.3) is 0 Å². The summed E-state index contributed by atoms with van der Waals surface area (Å²) in [6.45, 7) is 1.85. The first-order valence-electron chi connectivity index (χ1n) is 5.00. The number of rotatable bonds is 2. The van der Waals surface area contributed by atoms with Crippen molar-refractivity contribution < 1.29 is 4.39 Å². The van der Waals surface area contributed by atoms with Gasteiger partial charge in [-0.05, 0) is 30.7 Å². The molecule has 3 N–H and O–H groups in total. The predicted octanol–water partition coefficient (Wildman–Crippen LogP) is 3.51. The van der Waals surface area contributed by atoms with E-state index in [2.05, 4.69) is 10.3 Å². The van der Waals surface area contributed by atoms with Crippen LogP contribution in [0.5, 0.6) is 0 Å². The molecule has 0 radical (unpaired) electrons. The van der Waals surface area contributed by atoms with Gasteiger partial charge in [-0.3, -0.25) is 0 Å². The zero-order chi connectivity index (χ0) is 12.4. The summed E-state index contributed by atoms with van der Waals surface area (Å²) in [6.07, 6.45) is 1.63. The van der Waals surface area contributed by atoms with Gasteiger partial charge < -0.3 is 11.1 Å². The fourth-order valence-corrected chi connectivity index (χ4v) is 1.51. The molecule has 1 aromatic carbocycles. The number of hydrogen-bond acceptors (Lipinski definition) is 3. The topological polar surface area (TPSA) is 50.9 Å². The minimum Gasteiger partial charge on any atom is -0.398 e. The van der Waals surface area contributed by atoms with Gasteiger partial charge in [-0.25, -0.2) is 9.37 Å². The minimum atomic E-state index is -0.393. The Morgan fingerprint density at radius 3 is 2.82 bits per heavy atom. The monoisotopic (exact) mass is 251 g/mol. The second-order valence-corrected chi connectivity index (χ2v) is 4.11. The molecule has 0 amide bonds. The van der Waals surface area contributed by atoms with E-state index in [9.17, 15) is 4.39 Å². The highest BCUT2D eigenvalue weighted by atomic mass is 35.5. The van der Waals surface area contributed by atoms with Crippen LogP contribution in [0.4, 0.5) is 21.6 Å². The van der Waals surface area contributed by atoms with Gasteiger partial charge in [0, 0.05) is 23.0 Å². The Morgan fingerprint density at radius 2 is 2.12 bits per heavy atom. The second-order valence-electron chi connectivity index (χ2n) is 3.68. The van der Waals surface area contributed by atoms with Crippen molar-refractivity contribution in [1.82, 2.24) is 4.98 Å². The molecule has 1 aromatic heterocycles. The molecular formula is C12H11ClFN3. The molecule has 2 aromatic rings. The molecule has 88 valence electrons. The molecule has 2 rings (SSSR count). The van der Waals surface area contributed by atoms with Crippen molar-refractivity contribution in [3.8, 4) is 0 Å². The van der Waals surface area contributed by atoms with Crippen LogP contribution in [0.3, 0.4) is 0 Å². The maximum absolute atomic E-state index is 13.5. The first kappa shape index (κ1) is 11.7. The third kappa shape index (κ3) is 2.65. The van der Waals surface area contributed by atoms with Gasteiger partial charge in [0.15, 0.2) is 0 Å². The van der Waals surface area contributed by atoms with Gasteiger partial charge in [0.1, 0.15) is 11.6 Å². The van der Waals surface area contributed by atoms with Crippen LogP contribution in [-0.4, -0.2) is 4.98 Å². The van der Waals surface area contributed by atoms with Crippen LogP contribution in [0.1, 0.15) is 5.56 Å². The summed E-state index contributed by atoms with van der Waals surface area (Å²) in [6, 6.07) is 5.92. The lowest BCUT2D eigenvalue weighted by molar-refractivity contribution is 0.632. The van der Waals surface area contributed by atoms with E-state index in [1.165, 1.54) is 18.2 Å². The average molecular weight is 252 g/mol. The second kappa shape index (κ2) is 4.59. The van der Waals surface area contributed by atoms with Crippen LogP contribution in [-0.2, 0) is 0 Å². The zero-order valence-corrected chi connectivity index (χ0v) is 9.92. The summed E-state index contributed by atoms with van der Waals surface area (Å²) >= 11 is 5.79. The third-order valence-electron chi connectivity index (χ3n) is 2.34. The summed E-state index contributed by atoms with van der Waals surface area (Å²) in [4.78, 5) is 4.10. The maximum Gasteiger partial charge on any atom is 0.146 e. The van der Waals surface area contributed by atoms with Crippen molar-refractivity contribution in [3.05, 3.63) is 46.9 Å². The largest absolute Gasteiger partial charge is 0.398 e. The molecule has 0 bridgehead atoms. The normalized spacial score (nSPS) is 10.3. The van der Waals surface area contributed by atoms with Crippen LogP contribution < -0.4 is 11.1 Å². The summed E-state index contributed by atoms with van der Waals surface area (Å²) in [5.74, 6) is 0.0876. The molecule has 0 unspecified atom stereocenters. The third-order valence-corrected chi connectivity index (χ3v) is 2.57. The predicted molar refractivity (Wildman–Crippen MR) is 68.1 cm³/mol. The summed E-state index contributed by atoms with van der Waals surface area (Å²) < 4.78 is 13.5. The van der Waals surface area contributed by atoms with Gasteiger partial charge in [0.2, 0.25) is 0 Å². The molecule has 0 saturated carbocycles. The highest BCUT2D eigenvalue weighted by Gasteiger charge is 2.05. The minimum absolute atomic E-state index is 0.272. The number of anilines is 3. The molecular weight excluding hydrogens is 241 g/mol. The molecule has 5 heteroatoms. The maximum atomic E-state index is 13.5. The Bertz CT molecular complexity index is 557. The van der Waals surface area contributed by atoms with Gasteiger partial charge in [0.25, 0.3) is 0 Å². The van der Waals surface area contributed by atoms with Crippen molar-refractivity contribution in [2.45, 2.75) is 6.92 Å². The number of aromatic nitrogens is 1. The number of hydrogen-bond donors (Lipinski definition) is 2. The molecule has 0 spiro atoms. The zero-order valence-electron chi connectivity index (χ0n) is 9.17. The SMILES string of the molecule is Cc1cnc(Nc2cc(Cl)ccc2F)cc1N. The van der Waals surface area contributed by atoms with Crippen LogP contribution >= 0.6 is 11.6 Å². The number of benzene rings is 1. The highest BCUT2D eigenvalue weighted by Crippen LogP contribution is 2.24. The van der Waals surface area contributed by atoms with E-state index in [4.69, 9.17) is 17.3 Å². The molecule has 17 heavy (non-hydrogen) atoms. The summed E-state index contributed by atoms with van der Waals surface area (Å²) in [5.41, 5.74) is 7.49. The Hall–Kier alpha value is -1.81. The fraction of sp³-hybridized carbons (Fsp3) is 0.0833. The first-order valence-corrected chi connectivity index (χ1v) is 5.38. The number of nitrogens with one attached hydrogen (secondary N) is 1. The van der Waals surface area contributed by atoms with E-state index in [-0.39, 0.29) is 5.69 Å². The molecule has 0 aliphatic rings. The first-order chi connectivity index (χ1) is 8.06. The van der Waals surface area contributed by atoms with Crippen LogP contribution in [0.2, 0.25) is 5.02 Å². The van der Waals surface area contributed by atoms with Crippen molar-refractivity contribution in [2.24, 2.45) is 0 Å². The van der Waals surface area contributed by atoms with Crippen molar-refractivity contribution in [2.75, 3.05) is 11.1 Å². The van der Waals surface area contributed by atoms with Gasteiger partial charge >= 0.3 is 0 Å². The van der Waals surface area contributed by atoms with E-state index in [1.54, 1.807) is 12.3 Å². The number of halogens is 2. The quantitative estimate of drug-likeness (QED) is 0.859. The van der Waals surface area contributed by atoms with Gasteiger partial charge in [-0.2, -0.15) is 0 Å². The lowest BCUT2D eigenvalue weighted by atomic mass is 10.2. The smallest absolute Gasteiger partial charge is 0.146 e. The Kier molecular flexibility index (Phi) is 3.15. The molecule has 1 heterocycles. The van der Waals surface area contributed by atoms with E-state index in [1.807, 2.05) is 6.92 Å². The van der Waals surface area contributed by atoms with Crippen molar-refractivity contribution >= 4 is 28.8 Å². The van der Waals surface area contributed by atoms with E-state index >= 15 is 0 Å². The van der Waals surface area contributed by atoms with E-state index in [0.29, 0.717) is 16.5 Å². The summed E-state index contributed by atoms with van der Waals surface area (Å²) in [5, 5.41) is 3.28. The van der Waals surface area contributed by atoms with Crippen molar-refractivity contribution in [1.29, 1.82) is 0 Å². The number of nitrogens with zero attached hydrogens (tertiary/aromatic N) is 1.